The molecule has 1 unspecified atom stereocenters. The molecule has 0 aromatic carbocycles. The largest absolute Gasteiger partial charge is 0.369 e. The van der Waals surface area contributed by atoms with Crippen LogP contribution in [-0.2, 0) is 4.79 Å². The Morgan fingerprint density at radius 1 is 1.53 bits per heavy atom. The summed E-state index contributed by atoms with van der Waals surface area (Å²) in [6, 6.07) is 0.0946. The van der Waals surface area contributed by atoms with Crippen molar-refractivity contribution in [3.63, 3.8) is 0 Å². The lowest BCUT2D eigenvalue weighted by Crippen LogP contribution is -2.42. The van der Waals surface area contributed by atoms with Gasteiger partial charge in [-0.2, -0.15) is 4.99 Å². The lowest BCUT2D eigenvalue weighted by atomic mass is 10.1. The van der Waals surface area contributed by atoms with Gasteiger partial charge in [0.2, 0.25) is 17.8 Å². The molecule has 0 radical (unpaired) electrons. The van der Waals surface area contributed by atoms with E-state index in [0.717, 1.165) is 19.4 Å². The van der Waals surface area contributed by atoms with Crippen LogP contribution >= 0.6 is 0 Å². The Morgan fingerprint density at radius 2 is 2.37 bits per heavy atom. The van der Waals surface area contributed by atoms with Crippen LogP contribution < -0.4 is 11.1 Å². The second-order valence-electron chi connectivity index (χ2n) is 5.30. The van der Waals surface area contributed by atoms with Crippen LogP contribution in [0.2, 0.25) is 0 Å². The van der Waals surface area contributed by atoms with Crippen molar-refractivity contribution < 1.29 is 4.79 Å². The summed E-state index contributed by atoms with van der Waals surface area (Å²) in [5.41, 5.74) is 5.95. The zero-order valence-corrected chi connectivity index (χ0v) is 10.9. The van der Waals surface area contributed by atoms with Gasteiger partial charge in [0.15, 0.2) is 0 Å². The molecule has 6 nitrogen and oxygen atoms in total. The zero-order chi connectivity index (χ0) is 13.2. The molecule has 0 aromatic heterocycles. The van der Waals surface area contributed by atoms with Gasteiger partial charge < -0.3 is 10.6 Å². The summed E-state index contributed by atoms with van der Waals surface area (Å²) in [6.45, 7) is 0.860. The lowest BCUT2D eigenvalue weighted by Gasteiger charge is -2.23. The van der Waals surface area contributed by atoms with Crippen molar-refractivity contribution in [1.29, 1.82) is 0 Å². The van der Waals surface area contributed by atoms with Gasteiger partial charge >= 0.3 is 0 Å². The molecule has 0 aromatic rings. The molecule has 0 saturated heterocycles. The molecule has 0 spiro atoms. The van der Waals surface area contributed by atoms with E-state index in [4.69, 9.17) is 5.73 Å². The fourth-order valence-corrected chi connectivity index (χ4v) is 2.43. The summed E-state index contributed by atoms with van der Waals surface area (Å²) in [4.78, 5) is 22.3. The van der Waals surface area contributed by atoms with E-state index in [0.29, 0.717) is 24.3 Å². The number of nitrogens with zero attached hydrogens (tertiary/aromatic N) is 3. The summed E-state index contributed by atoms with van der Waals surface area (Å²) in [6.07, 6.45) is 8.96. The molecule has 3 aliphatic rings. The van der Waals surface area contributed by atoms with Gasteiger partial charge in [0, 0.05) is 19.2 Å². The molecule has 2 heterocycles. The molecule has 19 heavy (non-hydrogen) atoms. The number of carbonyl (C=O) groups excluding carboxylic acids is 1. The van der Waals surface area contributed by atoms with Crippen molar-refractivity contribution in [1.82, 2.24) is 10.2 Å². The number of hydrogen-bond acceptors (Lipinski definition) is 3. The van der Waals surface area contributed by atoms with Gasteiger partial charge in [-0.15, -0.1) is 0 Å². The third-order valence-electron chi connectivity index (χ3n) is 3.67. The predicted molar refractivity (Wildman–Crippen MR) is 73.4 cm³/mol. The highest BCUT2D eigenvalue weighted by Gasteiger charge is 2.35. The molecule has 1 fully saturated rings. The normalized spacial score (nSPS) is 28.1. The Kier molecular flexibility index (Phi) is 3.23. The molecule has 3 rings (SSSR count). The van der Waals surface area contributed by atoms with E-state index in [-0.39, 0.29) is 11.9 Å². The minimum absolute atomic E-state index is 0.00682. The Balaban J connectivity index is 1.74. The summed E-state index contributed by atoms with van der Waals surface area (Å²) in [5, 5.41) is 2.69. The van der Waals surface area contributed by atoms with E-state index < -0.39 is 0 Å². The van der Waals surface area contributed by atoms with Gasteiger partial charge in [0.05, 0.1) is 6.04 Å². The number of aliphatic imine (C=N–C) groups is 2. The molecular formula is C13H19N5O. The van der Waals surface area contributed by atoms with E-state index in [1.165, 1.54) is 12.8 Å². The van der Waals surface area contributed by atoms with Crippen LogP contribution in [0.4, 0.5) is 0 Å². The number of nitrogens with two attached hydrogens (primary N) is 1. The van der Waals surface area contributed by atoms with Crippen LogP contribution in [0, 0.1) is 5.92 Å². The molecule has 2 aliphatic heterocycles. The van der Waals surface area contributed by atoms with Crippen molar-refractivity contribution in [3.05, 3.63) is 12.3 Å². The topological polar surface area (TPSA) is 83.1 Å². The monoisotopic (exact) mass is 261 g/mol. The number of guanidine groups is 2. The molecule has 1 amide bonds. The van der Waals surface area contributed by atoms with Gasteiger partial charge in [-0.05, 0) is 31.6 Å². The molecule has 1 aliphatic carbocycles. The van der Waals surface area contributed by atoms with Gasteiger partial charge in [0.25, 0.3) is 0 Å². The van der Waals surface area contributed by atoms with Crippen molar-refractivity contribution in [3.8, 4) is 0 Å². The Labute approximate surface area is 112 Å². The van der Waals surface area contributed by atoms with Gasteiger partial charge in [-0.3, -0.25) is 10.1 Å². The minimum Gasteiger partial charge on any atom is -0.369 e. The smallest absolute Gasteiger partial charge is 0.228 e. The van der Waals surface area contributed by atoms with Crippen molar-refractivity contribution in [2.24, 2.45) is 21.6 Å². The maximum Gasteiger partial charge on any atom is 0.228 e. The first-order valence-electron chi connectivity index (χ1n) is 6.87. The molecule has 6 heteroatoms. The molecule has 102 valence electrons. The average molecular weight is 261 g/mol. The molecular weight excluding hydrogens is 242 g/mol. The Bertz CT molecular complexity index is 464. The van der Waals surface area contributed by atoms with E-state index in [9.17, 15) is 4.79 Å². The van der Waals surface area contributed by atoms with Crippen LogP contribution in [0.3, 0.4) is 0 Å². The number of rotatable bonds is 1. The highest BCUT2D eigenvalue weighted by molar-refractivity contribution is 6.04. The van der Waals surface area contributed by atoms with Crippen LogP contribution in [0.1, 0.15) is 32.1 Å². The third-order valence-corrected chi connectivity index (χ3v) is 3.67. The first kappa shape index (κ1) is 12.2. The molecule has 0 bridgehead atoms. The van der Waals surface area contributed by atoms with Gasteiger partial charge in [-0.25, -0.2) is 4.99 Å². The summed E-state index contributed by atoms with van der Waals surface area (Å²) in [5.74, 6) is 1.32. The standard InChI is InChI=1S/C13H19N5O/c14-12(18-6-2-1-3-7-18)17-13-15-10(9-4-5-9)8-11(19)16-13/h2,6,9-10H,1,3-5,7-8H2,(H3,14,15,16,17,19). The highest BCUT2D eigenvalue weighted by atomic mass is 16.1. The van der Waals surface area contributed by atoms with E-state index in [1.807, 2.05) is 11.1 Å². The van der Waals surface area contributed by atoms with Crippen LogP contribution in [-0.4, -0.2) is 35.3 Å². The van der Waals surface area contributed by atoms with E-state index >= 15 is 0 Å². The zero-order valence-electron chi connectivity index (χ0n) is 10.9. The maximum absolute atomic E-state index is 11.6. The fraction of sp³-hybridized carbons (Fsp3) is 0.615. The number of amides is 1. The summed E-state index contributed by atoms with van der Waals surface area (Å²) in [7, 11) is 0. The first-order valence-corrected chi connectivity index (χ1v) is 6.87. The first-order chi connectivity index (χ1) is 9.22. The summed E-state index contributed by atoms with van der Waals surface area (Å²) >= 11 is 0. The predicted octanol–water partition coefficient (Wildman–Crippen LogP) is 0.565. The van der Waals surface area contributed by atoms with Crippen LogP contribution in [0.5, 0.6) is 0 Å². The summed E-state index contributed by atoms with van der Waals surface area (Å²) < 4.78 is 0. The second kappa shape index (κ2) is 5.03. The van der Waals surface area contributed by atoms with Crippen LogP contribution in [0.15, 0.2) is 22.3 Å². The van der Waals surface area contributed by atoms with Crippen LogP contribution in [0.25, 0.3) is 0 Å². The van der Waals surface area contributed by atoms with Crippen molar-refractivity contribution in [2.45, 2.75) is 38.1 Å². The molecule has 3 N–H and O–H groups in total. The molecule has 1 saturated carbocycles. The van der Waals surface area contributed by atoms with Gasteiger partial charge in [-0.1, -0.05) is 6.08 Å². The second-order valence-corrected chi connectivity index (χ2v) is 5.30. The number of hydrogen-bond donors (Lipinski definition) is 2. The maximum atomic E-state index is 11.6. The SMILES string of the molecule is N/C(=N\C1=NC(C2CC2)CC(=O)N1)N1C=CCCC1. The Hall–Kier alpha value is -1.85. The minimum atomic E-state index is -0.00682. The molecule has 1 atom stereocenters. The Morgan fingerprint density at radius 3 is 3.05 bits per heavy atom. The lowest BCUT2D eigenvalue weighted by molar-refractivity contribution is -0.120. The quantitative estimate of drug-likeness (QED) is 0.534. The third kappa shape index (κ3) is 2.94. The number of carbonyl (C=O) groups is 1. The highest BCUT2D eigenvalue weighted by Crippen LogP contribution is 2.36. The number of nitrogens with one attached hydrogen (secondary N) is 1. The fourth-order valence-electron chi connectivity index (χ4n) is 2.43. The van der Waals surface area contributed by atoms with E-state index in [2.05, 4.69) is 21.4 Å². The van der Waals surface area contributed by atoms with Crippen molar-refractivity contribution >= 4 is 17.8 Å². The van der Waals surface area contributed by atoms with E-state index in [1.54, 1.807) is 0 Å². The van der Waals surface area contributed by atoms with Gasteiger partial charge in [0.1, 0.15) is 0 Å². The number of allylic oxidation sites excluding steroid dienone is 1. The average Bonchev–Trinajstić information content (AvgIpc) is 3.23. The van der Waals surface area contributed by atoms with Crippen molar-refractivity contribution in [2.75, 3.05) is 6.54 Å².